The summed E-state index contributed by atoms with van der Waals surface area (Å²) < 4.78 is 0. The Hall–Kier alpha value is -1.26. The van der Waals surface area contributed by atoms with Gasteiger partial charge in [-0.2, -0.15) is 0 Å². The van der Waals surface area contributed by atoms with Gasteiger partial charge in [-0.15, -0.1) is 0 Å². The lowest BCUT2D eigenvalue weighted by Crippen LogP contribution is -2.47. The Morgan fingerprint density at radius 3 is 2.48 bits per heavy atom. The number of carbonyl (C=O) groups excluding carboxylic acids is 1. The number of aliphatic imine (C=N–C) groups is 1. The first kappa shape index (κ1) is 20.1. The molecule has 0 aromatic rings. The standard InChI is InChI=1S/C20H38N4O/c1-5-21-19(22-13-7-12-20(2,3)4)24-17-9-6-8-15(14-17)18(25)23-16-10-11-16/h15-17H,5-14H2,1-4H3,(H,23,25)(H2,21,22,24). The molecule has 2 fully saturated rings. The van der Waals surface area contributed by atoms with Gasteiger partial charge in [-0.25, -0.2) is 0 Å². The van der Waals surface area contributed by atoms with Crippen LogP contribution in [0.2, 0.25) is 0 Å². The Kier molecular flexibility index (Phi) is 7.57. The molecule has 25 heavy (non-hydrogen) atoms. The van der Waals surface area contributed by atoms with E-state index in [9.17, 15) is 4.79 Å². The molecule has 0 bridgehead atoms. The fourth-order valence-corrected chi connectivity index (χ4v) is 3.42. The highest BCUT2D eigenvalue weighted by molar-refractivity contribution is 5.81. The quantitative estimate of drug-likeness (QED) is 0.375. The van der Waals surface area contributed by atoms with E-state index >= 15 is 0 Å². The molecule has 144 valence electrons. The molecule has 2 rings (SSSR count). The maximum atomic E-state index is 12.3. The molecule has 0 radical (unpaired) electrons. The van der Waals surface area contributed by atoms with Crippen molar-refractivity contribution in [1.82, 2.24) is 16.0 Å². The summed E-state index contributed by atoms with van der Waals surface area (Å²) in [6.45, 7) is 10.6. The second kappa shape index (κ2) is 9.44. The summed E-state index contributed by atoms with van der Waals surface area (Å²) in [5, 5.41) is 10.1. The van der Waals surface area contributed by atoms with Crippen molar-refractivity contribution in [3.05, 3.63) is 0 Å². The fraction of sp³-hybridized carbons (Fsp3) is 0.900. The molecular weight excluding hydrogens is 312 g/mol. The number of rotatable bonds is 7. The van der Waals surface area contributed by atoms with Gasteiger partial charge in [0.25, 0.3) is 0 Å². The average molecular weight is 351 g/mol. The van der Waals surface area contributed by atoms with Crippen molar-refractivity contribution < 1.29 is 4.79 Å². The molecule has 2 aliphatic rings. The first-order valence-corrected chi connectivity index (χ1v) is 10.2. The van der Waals surface area contributed by atoms with Crippen molar-refractivity contribution in [2.75, 3.05) is 13.1 Å². The number of guanidine groups is 1. The van der Waals surface area contributed by atoms with Crippen LogP contribution in [0.25, 0.3) is 0 Å². The lowest BCUT2D eigenvalue weighted by Gasteiger charge is -2.30. The molecule has 2 atom stereocenters. The molecule has 1 amide bonds. The van der Waals surface area contributed by atoms with E-state index in [0.717, 1.165) is 64.0 Å². The van der Waals surface area contributed by atoms with Crippen molar-refractivity contribution in [2.45, 2.75) is 91.1 Å². The third-order valence-corrected chi connectivity index (χ3v) is 5.01. The van der Waals surface area contributed by atoms with Crippen molar-refractivity contribution in [2.24, 2.45) is 16.3 Å². The van der Waals surface area contributed by atoms with Gasteiger partial charge in [-0.1, -0.05) is 27.2 Å². The van der Waals surface area contributed by atoms with E-state index in [4.69, 9.17) is 4.99 Å². The van der Waals surface area contributed by atoms with Gasteiger partial charge in [0, 0.05) is 31.1 Å². The van der Waals surface area contributed by atoms with Gasteiger partial charge >= 0.3 is 0 Å². The maximum absolute atomic E-state index is 12.3. The van der Waals surface area contributed by atoms with Crippen LogP contribution in [-0.2, 0) is 4.79 Å². The zero-order valence-electron chi connectivity index (χ0n) is 16.7. The summed E-state index contributed by atoms with van der Waals surface area (Å²) >= 11 is 0. The largest absolute Gasteiger partial charge is 0.357 e. The number of amides is 1. The molecule has 0 heterocycles. The molecule has 2 saturated carbocycles. The van der Waals surface area contributed by atoms with E-state index in [2.05, 4.69) is 43.6 Å². The zero-order valence-corrected chi connectivity index (χ0v) is 16.7. The normalized spacial score (nSPS) is 24.7. The Labute approximate surface area is 153 Å². The Morgan fingerprint density at radius 1 is 1.08 bits per heavy atom. The van der Waals surface area contributed by atoms with Gasteiger partial charge in [0.2, 0.25) is 5.91 Å². The van der Waals surface area contributed by atoms with Crippen LogP contribution in [0.15, 0.2) is 4.99 Å². The van der Waals surface area contributed by atoms with Gasteiger partial charge in [-0.05, 0) is 57.3 Å². The minimum atomic E-state index is 0.163. The van der Waals surface area contributed by atoms with Crippen LogP contribution in [0.4, 0.5) is 0 Å². The lowest BCUT2D eigenvalue weighted by molar-refractivity contribution is -0.126. The molecule has 5 heteroatoms. The summed E-state index contributed by atoms with van der Waals surface area (Å²) in [5.41, 5.74) is 0.368. The highest BCUT2D eigenvalue weighted by atomic mass is 16.2. The zero-order chi connectivity index (χ0) is 18.3. The Bertz CT molecular complexity index is 451. The molecule has 0 spiro atoms. The van der Waals surface area contributed by atoms with E-state index in [1.54, 1.807) is 0 Å². The Balaban J connectivity index is 1.79. The highest BCUT2D eigenvalue weighted by Gasteiger charge is 2.31. The van der Waals surface area contributed by atoms with Crippen molar-refractivity contribution in [3.8, 4) is 0 Å². The predicted octanol–water partition coefficient (Wildman–Crippen LogP) is 3.21. The van der Waals surface area contributed by atoms with E-state index in [1.165, 1.54) is 6.42 Å². The van der Waals surface area contributed by atoms with Crippen molar-refractivity contribution >= 4 is 11.9 Å². The number of nitrogens with one attached hydrogen (secondary N) is 3. The molecular formula is C20H38N4O. The van der Waals surface area contributed by atoms with Gasteiger partial charge in [0.15, 0.2) is 5.96 Å². The molecule has 2 unspecified atom stereocenters. The van der Waals surface area contributed by atoms with E-state index in [1.807, 2.05) is 0 Å². The van der Waals surface area contributed by atoms with Crippen LogP contribution in [-0.4, -0.2) is 37.0 Å². The number of carbonyl (C=O) groups is 1. The summed E-state index contributed by atoms with van der Waals surface area (Å²) in [6, 6.07) is 0.812. The van der Waals surface area contributed by atoms with Crippen LogP contribution in [0.3, 0.4) is 0 Å². The smallest absolute Gasteiger partial charge is 0.223 e. The molecule has 3 N–H and O–H groups in total. The average Bonchev–Trinajstić information content (AvgIpc) is 3.35. The third kappa shape index (κ3) is 8.10. The topological polar surface area (TPSA) is 65.5 Å². The van der Waals surface area contributed by atoms with Crippen LogP contribution in [0, 0.1) is 11.3 Å². The first-order chi connectivity index (χ1) is 11.9. The predicted molar refractivity (Wildman–Crippen MR) is 105 cm³/mol. The number of nitrogens with zero attached hydrogens (tertiary/aromatic N) is 1. The van der Waals surface area contributed by atoms with Gasteiger partial charge in [0.05, 0.1) is 0 Å². The summed E-state index contributed by atoms with van der Waals surface area (Å²) in [4.78, 5) is 17.1. The monoisotopic (exact) mass is 350 g/mol. The molecule has 0 aliphatic heterocycles. The van der Waals surface area contributed by atoms with E-state index < -0.39 is 0 Å². The second-order valence-electron chi connectivity index (χ2n) is 8.91. The SMILES string of the molecule is CCNC(=NCCCC(C)(C)C)NC1CCCC(C(=O)NC2CC2)C1. The minimum Gasteiger partial charge on any atom is -0.357 e. The lowest BCUT2D eigenvalue weighted by atomic mass is 9.85. The number of hydrogen-bond donors (Lipinski definition) is 3. The second-order valence-corrected chi connectivity index (χ2v) is 8.91. The van der Waals surface area contributed by atoms with Crippen LogP contribution in [0.1, 0.15) is 79.1 Å². The van der Waals surface area contributed by atoms with Gasteiger partial charge < -0.3 is 16.0 Å². The van der Waals surface area contributed by atoms with Crippen molar-refractivity contribution in [3.63, 3.8) is 0 Å². The third-order valence-electron chi connectivity index (χ3n) is 5.01. The van der Waals surface area contributed by atoms with E-state index in [-0.39, 0.29) is 11.8 Å². The minimum absolute atomic E-state index is 0.163. The first-order valence-electron chi connectivity index (χ1n) is 10.2. The van der Waals surface area contributed by atoms with Crippen LogP contribution < -0.4 is 16.0 Å². The molecule has 2 aliphatic carbocycles. The maximum Gasteiger partial charge on any atom is 0.223 e. The molecule has 0 aromatic carbocycles. The Morgan fingerprint density at radius 2 is 1.84 bits per heavy atom. The van der Waals surface area contributed by atoms with Gasteiger partial charge in [0.1, 0.15) is 0 Å². The fourth-order valence-electron chi connectivity index (χ4n) is 3.42. The summed E-state index contributed by atoms with van der Waals surface area (Å²) in [5.74, 6) is 1.33. The number of hydrogen-bond acceptors (Lipinski definition) is 2. The van der Waals surface area contributed by atoms with Gasteiger partial charge in [-0.3, -0.25) is 9.79 Å². The highest BCUT2D eigenvalue weighted by Crippen LogP contribution is 2.26. The molecule has 0 aromatic heterocycles. The summed E-state index contributed by atoms with van der Waals surface area (Å²) in [7, 11) is 0. The molecule has 0 saturated heterocycles. The molecule has 5 nitrogen and oxygen atoms in total. The van der Waals surface area contributed by atoms with Crippen LogP contribution in [0.5, 0.6) is 0 Å². The van der Waals surface area contributed by atoms with E-state index in [0.29, 0.717) is 17.5 Å². The van der Waals surface area contributed by atoms with Crippen molar-refractivity contribution in [1.29, 1.82) is 0 Å². The summed E-state index contributed by atoms with van der Waals surface area (Å²) in [6.07, 6.45) is 8.79. The van der Waals surface area contributed by atoms with Crippen LogP contribution >= 0.6 is 0 Å².